The van der Waals surface area contributed by atoms with Gasteiger partial charge in [0.25, 0.3) is 0 Å². The first kappa shape index (κ1) is 13.0. The van der Waals surface area contributed by atoms with Gasteiger partial charge >= 0.3 is 0 Å². The van der Waals surface area contributed by atoms with Gasteiger partial charge in [-0.2, -0.15) is 0 Å². The second-order valence-electron chi connectivity index (χ2n) is 3.64. The van der Waals surface area contributed by atoms with Crippen LogP contribution in [0.3, 0.4) is 0 Å². The molecule has 0 aliphatic rings. The lowest BCUT2D eigenvalue weighted by atomic mass is 10.1. The number of hydrogen-bond donors (Lipinski definition) is 2. The maximum absolute atomic E-state index is 11.4. The Labute approximate surface area is 97.1 Å². The fraction of sp³-hybridized carbons (Fsp3) is 0.455. The molecule has 0 amide bonds. The summed E-state index contributed by atoms with van der Waals surface area (Å²) < 4.78 is 25.3. The summed E-state index contributed by atoms with van der Waals surface area (Å²) in [5.74, 6) is 0.0822. The topological polar surface area (TPSA) is 58.2 Å². The first-order valence-electron chi connectivity index (χ1n) is 5.26. The average molecular weight is 242 g/mol. The number of sulfonamides is 1. The third-order valence-corrected chi connectivity index (χ3v) is 3.78. The van der Waals surface area contributed by atoms with Gasteiger partial charge in [0, 0.05) is 11.7 Å². The average Bonchev–Trinajstić information content (AvgIpc) is 2.28. The van der Waals surface area contributed by atoms with Crippen LogP contribution in [-0.4, -0.2) is 21.2 Å². The molecule has 0 fully saturated rings. The Bertz CT molecular complexity index is 443. The highest BCUT2D eigenvalue weighted by Gasteiger charge is 2.08. The van der Waals surface area contributed by atoms with E-state index in [0.717, 1.165) is 5.56 Å². The standard InChI is InChI=1S/C11H18N2O2S/c1-4-16(14,15)13-11-7-5-6-10(8-11)9(2)12-3/h5-9,12-13H,4H2,1-3H3. The molecule has 1 aromatic carbocycles. The number of hydrogen-bond acceptors (Lipinski definition) is 3. The second-order valence-corrected chi connectivity index (χ2v) is 5.65. The summed E-state index contributed by atoms with van der Waals surface area (Å²) >= 11 is 0. The molecule has 0 aliphatic heterocycles. The Morgan fingerprint density at radius 1 is 1.38 bits per heavy atom. The van der Waals surface area contributed by atoms with Gasteiger partial charge in [0.15, 0.2) is 0 Å². The summed E-state index contributed by atoms with van der Waals surface area (Å²) in [4.78, 5) is 0. The zero-order chi connectivity index (χ0) is 12.2. The van der Waals surface area contributed by atoms with E-state index >= 15 is 0 Å². The van der Waals surface area contributed by atoms with Crippen molar-refractivity contribution in [3.8, 4) is 0 Å². The minimum Gasteiger partial charge on any atom is -0.313 e. The van der Waals surface area contributed by atoms with Crippen LogP contribution in [0.4, 0.5) is 5.69 Å². The minimum atomic E-state index is -3.19. The Balaban J connectivity index is 2.91. The SMILES string of the molecule is CCS(=O)(=O)Nc1cccc(C(C)NC)c1. The highest BCUT2D eigenvalue weighted by molar-refractivity contribution is 7.92. The summed E-state index contributed by atoms with van der Waals surface area (Å²) in [6, 6.07) is 7.60. The van der Waals surface area contributed by atoms with E-state index in [4.69, 9.17) is 0 Å². The van der Waals surface area contributed by atoms with Gasteiger partial charge in [-0.15, -0.1) is 0 Å². The molecule has 1 rings (SSSR count). The maximum atomic E-state index is 11.4. The summed E-state index contributed by atoms with van der Waals surface area (Å²) in [6.45, 7) is 3.63. The van der Waals surface area contributed by atoms with Gasteiger partial charge in [0.05, 0.1) is 5.75 Å². The molecule has 0 spiro atoms. The predicted octanol–water partition coefficient (Wildman–Crippen LogP) is 1.73. The van der Waals surface area contributed by atoms with E-state index in [0.29, 0.717) is 5.69 Å². The molecule has 1 aromatic rings. The molecule has 1 unspecified atom stereocenters. The highest BCUT2D eigenvalue weighted by atomic mass is 32.2. The van der Waals surface area contributed by atoms with Crippen LogP contribution in [0.2, 0.25) is 0 Å². The normalized spacial score (nSPS) is 13.4. The van der Waals surface area contributed by atoms with Crippen molar-refractivity contribution in [2.75, 3.05) is 17.5 Å². The number of nitrogens with one attached hydrogen (secondary N) is 2. The lowest BCUT2D eigenvalue weighted by Gasteiger charge is -2.12. The van der Waals surface area contributed by atoms with E-state index in [2.05, 4.69) is 10.0 Å². The van der Waals surface area contributed by atoms with Crippen LogP contribution in [0.1, 0.15) is 25.5 Å². The van der Waals surface area contributed by atoms with Crippen molar-refractivity contribution < 1.29 is 8.42 Å². The van der Waals surface area contributed by atoms with Crippen LogP contribution in [-0.2, 0) is 10.0 Å². The van der Waals surface area contributed by atoms with E-state index in [1.807, 2.05) is 32.2 Å². The van der Waals surface area contributed by atoms with Gasteiger partial charge in [-0.1, -0.05) is 12.1 Å². The van der Waals surface area contributed by atoms with Gasteiger partial charge in [0.2, 0.25) is 10.0 Å². The lowest BCUT2D eigenvalue weighted by Crippen LogP contribution is -2.16. The van der Waals surface area contributed by atoms with Crippen LogP contribution < -0.4 is 10.0 Å². The summed E-state index contributed by atoms with van der Waals surface area (Å²) in [6.07, 6.45) is 0. The summed E-state index contributed by atoms with van der Waals surface area (Å²) in [7, 11) is -1.32. The van der Waals surface area contributed by atoms with Crippen LogP contribution in [0.5, 0.6) is 0 Å². The molecular weight excluding hydrogens is 224 g/mol. The molecule has 0 heterocycles. The van der Waals surface area contributed by atoms with Gasteiger partial charge in [0.1, 0.15) is 0 Å². The van der Waals surface area contributed by atoms with Crippen molar-refractivity contribution in [2.45, 2.75) is 19.9 Å². The molecule has 0 aromatic heterocycles. The highest BCUT2D eigenvalue weighted by Crippen LogP contribution is 2.17. The molecule has 0 aliphatic carbocycles. The molecule has 1 atom stereocenters. The molecule has 0 bridgehead atoms. The second kappa shape index (κ2) is 5.32. The molecule has 16 heavy (non-hydrogen) atoms. The Morgan fingerprint density at radius 3 is 2.62 bits per heavy atom. The van der Waals surface area contributed by atoms with Crippen LogP contribution in [0.15, 0.2) is 24.3 Å². The van der Waals surface area contributed by atoms with Gasteiger partial charge in [-0.25, -0.2) is 8.42 Å². The molecule has 0 radical (unpaired) electrons. The molecule has 0 saturated heterocycles. The lowest BCUT2D eigenvalue weighted by molar-refractivity contribution is 0.602. The first-order chi connectivity index (χ1) is 7.48. The zero-order valence-corrected chi connectivity index (χ0v) is 10.6. The first-order valence-corrected chi connectivity index (χ1v) is 6.91. The minimum absolute atomic E-state index is 0.0822. The van der Waals surface area contributed by atoms with Crippen LogP contribution in [0, 0.1) is 0 Å². The fourth-order valence-corrected chi connectivity index (χ4v) is 1.92. The Kier molecular flexibility index (Phi) is 4.32. The van der Waals surface area contributed by atoms with E-state index in [1.165, 1.54) is 0 Å². The monoisotopic (exact) mass is 242 g/mol. The molecule has 5 heteroatoms. The van der Waals surface area contributed by atoms with Crippen molar-refractivity contribution in [3.05, 3.63) is 29.8 Å². The largest absolute Gasteiger partial charge is 0.313 e. The van der Waals surface area contributed by atoms with Gasteiger partial charge in [-0.05, 0) is 38.6 Å². The van der Waals surface area contributed by atoms with Gasteiger partial charge < -0.3 is 5.32 Å². The zero-order valence-electron chi connectivity index (χ0n) is 9.82. The summed E-state index contributed by atoms with van der Waals surface area (Å²) in [5.41, 5.74) is 1.67. The number of rotatable bonds is 5. The molecular formula is C11H18N2O2S. The van der Waals surface area contributed by atoms with Gasteiger partial charge in [-0.3, -0.25) is 4.72 Å². The molecule has 2 N–H and O–H groups in total. The smallest absolute Gasteiger partial charge is 0.232 e. The predicted molar refractivity (Wildman–Crippen MR) is 67.0 cm³/mol. The van der Waals surface area contributed by atoms with Crippen LogP contribution >= 0.6 is 0 Å². The van der Waals surface area contributed by atoms with E-state index < -0.39 is 10.0 Å². The van der Waals surface area contributed by atoms with Crippen molar-refractivity contribution in [1.82, 2.24) is 5.32 Å². The van der Waals surface area contributed by atoms with Crippen molar-refractivity contribution in [1.29, 1.82) is 0 Å². The van der Waals surface area contributed by atoms with Crippen LogP contribution in [0.25, 0.3) is 0 Å². The third kappa shape index (κ3) is 3.50. The number of anilines is 1. The Morgan fingerprint density at radius 2 is 2.06 bits per heavy atom. The van der Waals surface area contributed by atoms with E-state index in [9.17, 15) is 8.42 Å². The fourth-order valence-electron chi connectivity index (χ4n) is 1.29. The maximum Gasteiger partial charge on any atom is 0.232 e. The molecule has 90 valence electrons. The van der Waals surface area contributed by atoms with E-state index in [-0.39, 0.29) is 11.8 Å². The van der Waals surface area contributed by atoms with Crippen molar-refractivity contribution in [2.24, 2.45) is 0 Å². The summed E-state index contributed by atoms with van der Waals surface area (Å²) in [5, 5.41) is 3.11. The number of benzene rings is 1. The quantitative estimate of drug-likeness (QED) is 0.826. The Hall–Kier alpha value is -1.07. The molecule has 0 saturated carbocycles. The third-order valence-electron chi connectivity index (χ3n) is 2.47. The van der Waals surface area contributed by atoms with Crippen molar-refractivity contribution in [3.63, 3.8) is 0 Å². The molecule has 4 nitrogen and oxygen atoms in total. The van der Waals surface area contributed by atoms with E-state index in [1.54, 1.807) is 13.0 Å². The van der Waals surface area contributed by atoms with Crippen molar-refractivity contribution >= 4 is 15.7 Å².